The van der Waals surface area contributed by atoms with E-state index in [1.807, 2.05) is 11.3 Å². The largest absolute Gasteiger partial charge is 0.308 e. The molecule has 242 valence electrons. The lowest BCUT2D eigenvalue weighted by Crippen LogP contribution is -2.16. The molecule has 1 aliphatic rings. The van der Waals surface area contributed by atoms with Crippen molar-refractivity contribution in [3.05, 3.63) is 187 Å². The van der Waals surface area contributed by atoms with Gasteiger partial charge >= 0.3 is 0 Å². The first-order valence-electron chi connectivity index (χ1n) is 17.7. The summed E-state index contributed by atoms with van der Waals surface area (Å²) in [6.07, 6.45) is 0. The minimum Gasteiger partial charge on any atom is -0.308 e. The highest BCUT2D eigenvalue weighted by Crippen LogP contribution is 2.56. The van der Waals surface area contributed by atoms with Gasteiger partial charge in [-0.15, -0.1) is 11.3 Å². The van der Waals surface area contributed by atoms with Gasteiger partial charge in [-0.05, 0) is 74.5 Å². The van der Waals surface area contributed by atoms with E-state index in [1.165, 1.54) is 92.5 Å². The maximum Gasteiger partial charge on any atom is 0.0640 e. The second-order valence-electron chi connectivity index (χ2n) is 14.1. The summed E-state index contributed by atoms with van der Waals surface area (Å²) in [4.78, 5) is 2.56. The van der Waals surface area contributed by atoms with E-state index >= 15 is 0 Å². The number of thiophene rings is 1. The van der Waals surface area contributed by atoms with Gasteiger partial charge in [0.25, 0.3) is 0 Å². The van der Waals surface area contributed by atoms with Crippen LogP contribution in [0.4, 0.5) is 17.1 Å². The summed E-state index contributed by atoms with van der Waals surface area (Å²) in [5.41, 5.74) is 13.7. The van der Waals surface area contributed by atoms with Gasteiger partial charge in [-0.2, -0.15) is 0 Å². The Kier molecular flexibility index (Phi) is 6.78. The predicted molar refractivity (Wildman–Crippen MR) is 220 cm³/mol. The van der Waals surface area contributed by atoms with Crippen molar-refractivity contribution in [2.24, 2.45) is 0 Å². The van der Waals surface area contributed by atoms with Crippen molar-refractivity contribution < 1.29 is 0 Å². The first kappa shape index (κ1) is 29.9. The van der Waals surface area contributed by atoms with Gasteiger partial charge in [0.15, 0.2) is 0 Å². The van der Waals surface area contributed by atoms with Crippen LogP contribution < -0.4 is 4.90 Å². The molecule has 10 rings (SSSR count). The van der Waals surface area contributed by atoms with Crippen LogP contribution in [0.3, 0.4) is 0 Å². The summed E-state index contributed by atoms with van der Waals surface area (Å²) in [7, 11) is 0. The number of para-hydroxylation sites is 1. The Bertz CT molecular complexity index is 2780. The van der Waals surface area contributed by atoms with Gasteiger partial charge in [0.2, 0.25) is 0 Å². The van der Waals surface area contributed by atoms with E-state index in [1.54, 1.807) is 0 Å². The maximum absolute atomic E-state index is 2.56. The highest BCUT2D eigenvalue weighted by atomic mass is 32.1. The third kappa shape index (κ3) is 4.60. The molecule has 8 aromatic carbocycles. The molecule has 0 bridgehead atoms. The zero-order valence-electron chi connectivity index (χ0n) is 28.6. The fourth-order valence-corrected chi connectivity index (χ4v) is 9.62. The van der Waals surface area contributed by atoms with Gasteiger partial charge < -0.3 is 4.90 Å². The minimum absolute atomic E-state index is 0.111. The molecular formula is C49H35NS. The van der Waals surface area contributed by atoms with Crippen LogP contribution in [0.1, 0.15) is 25.0 Å². The van der Waals surface area contributed by atoms with Crippen LogP contribution in [0.15, 0.2) is 176 Å². The molecule has 1 nitrogen and oxygen atoms in total. The molecule has 1 aliphatic carbocycles. The van der Waals surface area contributed by atoms with Crippen molar-refractivity contribution in [3.8, 4) is 33.4 Å². The third-order valence-corrected chi connectivity index (χ3v) is 12.1. The lowest BCUT2D eigenvalue weighted by Gasteiger charge is -2.31. The zero-order valence-corrected chi connectivity index (χ0v) is 29.4. The van der Waals surface area contributed by atoms with E-state index < -0.39 is 0 Å². The van der Waals surface area contributed by atoms with Crippen LogP contribution in [0.25, 0.3) is 64.3 Å². The molecule has 0 amide bonds. The average molecular weight is 670 g/mol. The molecule has 9 aromatic rings. The van der Waals surface area contributed by atoms with Crippen molar-refractivity contribution in [1.82, 2.24) is 0 Å². The Morgan fingerprint density at radius 1 is 0.431 bits per heavy atom. The third-order valence-electron chi connectivity index (χ3n) is 10.9. The lowest BCUT2D eigenvalue weighted by molar-refractivity contribution is 0.660. The summed E-state index contributed by atoms with van der Waals surface area (Å²) < 4.78 is 2.58. The Morgan fingerprint density at radius 2 is 1.06 bits per heavy atom. The molecule has 1 heterocycles. The van der Waals surface area contributed by atoms with Gasteiger partial charge in [0.05, 0.1) is 21.8 Å². The smallest absolute Gasteiger partial charge is 0.0640 e. The molecule has 0 unspecified atom stereocenters. The molecule has 2 heteroatoms. The number of fused-ring (bicyclic) bond motifs is 7. The molecule has 0 spiro atoms. The van der Waals surface area contributed by atoms with E-state index in [0.717, 1.165) is 0 Å². The first-order chi connectivity index (χ1) is 25.1. The molecular weight excluding hydrogens is 635 g/mol. The Balaban J connectivity index is 1.29. The highest BCUT2D eigenvalue weighted by Gasteiger charge is 2.38. The van der Waals surface area contributed by atoms with Crippen molar-refractivity contribution in [2.45, 2.75) is 19.3 Å². The summed E-state index contributed by atoms with van der Waals surface area (Å²) in [6.45, 7) is 4.74. The van der Waals surface area contributed by atoms with E-state index in [2.05, 4.69) is 195 Å². The first-order valence-corrected chi connectivity index (χ1v) is 18.5. The number of hydrogen-bond acceptors (Lipinski definition) is 2. The Morgan fingerprint density at radius 3 is 1.96 bits per heavy atom. The fraction of sp³-hybridized carbons (Fsp3) is 0.0612. The number of hydrogen-bond donors (Lipinski definition) is 0. The normalized spacial score (nSPS) is 13.1. The summed E-state index contributed by atoms with van der Waals surface area (Å²) in [6, 6.07) is 64.8. The van der Waals surface area contributed by atoms with E-state index in [4.69, 9.17) is 0 Å². The molecule has 0 N–H and O–H groups in total. The van der Waals surface area contributed by atoms with E-state index in [-0.39, 0.29) is 5.41 Å². The van der Waals surface area contributed by atoms with Gasteiger partial charge in [-0.3, -0.25) is 0 Å². The molecule has 1 aromatic heterocycles. The number of benzene rings is 8. The Labute approximate surface area is 302 Å². The standard InChI is InChI=1S/C49H35NS/c1-49(2)41-24-10-8-21-39(41)47-42(49)25-14-27-44(47)50(43-26-11-9-20-37(43)36-22-12-18-33-17-6-7-19-35(33)36)45-28-13-23-38-40-31-34(32-15-4-3-5-16-32)29-30-46(40)51-48(38)45/h3-31H,1-2H3. The molecule has 0 atom stereocenters. The zero-order chi connectivity index (χ0) is 34.1. The number of anilines is 3. The summed E-state index contributed by atoms with van der Waals surface area (Å²) in [5, 5.41) is 5.08. The second-order valence-corrected chi connectivity index (χ2v) is 15.1. The molecule has 0 saturated heterocycles. The van der Waals surface area contributed by atoms with Crippen LogP contribution in [0.2, 0.25) is 0 Å². The number of nitrogens with zero attached hydrogens (tertiary/aromatic N) is 1. The lowest BCUT2D eigenvalue weighted by atomic mass is 9.82. The predicted octanol–water partition coefficient (Wildman–Crippen LogP) is 14.3. The molecule has 0 aliphatic heterocycles. The van der Waals surface area contributed by atoms with Crippen LogP contribution in [0, 0.1) is 0 Å². The summed E-state index contributed by atoms with van der Waals surface area (Å²) in [5.74, 6) is 0. The SMILES string of the molecule is CC1(C)c2ccccc2-c2c(N(c3ccccc3-c3cccc4ccccc34)c3cccc4c3sc3ccc(-c5ccccc5)cc34)cccc21. The molecule has 0 fully saturated rings. The van der Waals surface area contributed by atoms with Crippen LogP contribution in [0.5, 0.6) is 0 Å². The minimum atomic E-state index is -0.111. The molecule has 0 saturated carbocycles. The van der Waals surface area contributed by atoms with Crippen molar-refractivity contribution in [3.63, 3.8) is 0 Å². The van der Waals surface area contributed by atoms with Gasteiger partial charge in [0, 0.05) is 32.0 Å². The van der Waals surface area contributed by atoms with Gasteiger partial charge in [-0.1, -0.05) is 159 Å². The highest BCUT2D eigenvalue weighted by molar-refractivity contribution is 7.26. The van der Waals surface area contributed by atoms with Gasteiger partial charge in [0.1, 0.15) is 0 Å². The summed E-state index contributed by atoms with van der Waals surface area (Å²) >= 11 is 1.89. The number of rotatable bonds is 5. The monoisotopic (exact) mass is 669 g/mol. The van der Waals surface area contributed by atoms with Crippen molar-refractivity contribution in [2.75, 3.05) is 4.90 Å². The molecule has 0 radical (unpaired) electrons. The second kappa shape index (κ2) is 11.6. The Hall–Kier alpha value is -5.96. The fourth-order valence-electron chi connectivity index (χ4n) is 8.44. The van der Waals surface area contributed by atoms with Crippen LogP contribution in [-0.2, 0) is 5.41 Å². The topological polar surface area (TPSA) is 3.24 Å². The maximum atomic E-state index is 2.56. The quantitative estimate of drug-likeness (QED) is 0.176. The molecule has 51 heavy (non-hydrogen) atoms. The van der Waals surface area contributed by atoms with Crippen LogP contribution >= 0.6 is 11.3 Å². The van der Waals surface area contributed by atoms with Crippen LogP contribution in [-0.4, -0.2) is 0 Å². The van der Waals surface area contributed by atoms with E-state index in [9.17, 15) is 0 Å². The average Bonchev–Trinajstić information content (AvgIpc) is 3.68. The van der Waals surface area contributed by atoms with Crippen molar-refractivity contribution >= 4 is 59.3 Å². The van der Waals surface area contributed by atoms with E-state index in [0.29, 0.717) is 0 Å². The van der Waals surface area contributed by atoms with Crippen molar-refractivity contribution in [1.29, 1.82) is 0 Å². The van der Waals surface area contributed by atoms with Gasteiger partial charge in [-0.25, -0.2) is 0 Å².